The summed E-state index contributed by atoms with van der Waals surface area (Å²) in [5.74, 6) is -0.586. The number of likely N-dealkylation sites (N-methyl/N-ethyl adjacent to an activating group) is 1. The Bertz CT molecular complexity index is 1060. The van der Waals surface area contributed by atoms with Gasteiger partial charge in [-0.2, -0.15) is 5.10 Å². The highest BCUT2D eigenvalue weighted by Gasteiger charge is 2.22. The first kappa shape index (κ1) is 21.1. The molecular weight excluding hydrogens is 393 g/mol. The Hall–Kier alpha value is -3.19. The molecular formula is C24H28FN5O. The van der Waals surface area contributed by atoms with Crippen LogP contribution in [-0.2, 0) is 0 Å². The molecule has 0 bridgehead atoms. The first-order valence-corrected chi connectivity index (χ1v) is 10.6. The lowest BCUT2D eigenvalue weighted by Gasteiger charge is -2.36. The van der Waals surface area contributed by atoms with Crippen LogP contribution in [0.5, 0.6) is 0 Å². The smallest absolute Gasteiger partial charge is 0.272 e. The van der Waals surface area contributed by atoms with E-state index in [1.165, 1.54) is 12.1 Å². The lowest BCUT2D eigenvalue weighted by molar-refractivity contribution is 0.0934. The van der Waals surface area contributed by atoms with E-state index < -0.39 is 0 Å². The minimum absolute atomic E-state index is 0.279. The maximum Gasteiger partial charge on any atom is 0.272 e. The maximum atomic E-state index is 14.1. The number of rotatable bonds is 5. The highest BCUT2D eigenvalue weighted by molar-refractivity contribution is 5.92. The molecule has 0 saturated carbocycles. The minimum atomic E-state index is -0.361. The molecule has 1 aliphatic rings. The molecule has 1 fully saturated rings. The summed E-state index contributed by atoms with van der Waals surface area (Å²) in [6.07, 6.45) is 0. The fourth-order valence-corrected chi connectivity index (χ4v) is 3.97. The molecule has 1 aromatic heterocycles. The average Bonchev–Trinajstić information content (AvgIpc) is 3.17. The third kappa shape index (κ3) is 4.61. The van der Waals surface area contributed by atoms with Gasteiger partial charge in [-0.3, -0.25) is 4.79 Å². The van der Waals surface area contributed by atoms with Crippen molar-refractivity contribution in [3.8, 4) is 5.69 Å². The fraction of sp³-hybridized carbons (Fsp3) is 0.333. The third-order valence-electron chi connectivity index (χ3n) is 5.77. The molecule has 1 amide bonds. The maximum absolute atomic E-state index is 14.1. The van der Waals surface area contributed by atoms with Crippen LogP contribution >= 0.6 is 0 Å². The van der Waals surface area contributed by atoms with E-state index in [-0.39, 0.29) is 17.8 Å². The van der Waals surface area contributed by atoms with Crippen molar-refractivity contribution in [3.05, 3.63) is 77.4 Å². The Kier molecular flexibility index (Phi) is 6.04. The number of halogens is 1. The monoisotopic (exact) mass is 421 g/mol. The van der Waals surface area contributed by atoms with E-state index >= 15 is 0 Å². The van der Waals surface area contributed by atoms with Crippen LogP contribution in [0.1, 0.15) is 34.7 Å². The number of aryl methyl sites for hydroxylation is 1. The van der Waals surface area contributed by atoms with Crippen LogP contribution in [-0.4, -0.2) is 53.8 Å². The summed E-state index contributed by atoms with van der Waals surface area (Å²) >= 11 is 0. The quantitative estimate of drug-likeness (QED) is 0.685. The molecule has 4 rings (SSSR count). The SMILES string of the molecule is Cc1cc(C(=O)NC(C)c2cc(F)ccc2N2CCN(C)CC2)nn1-c1ccccc1. The molecule has 1 aliphatic heterocycles. The van der Waals surface area contributed by atoms with Crippen molar-refractivity contribution >= 4 is 11.6 Å². The predicted octanol–water partition coefficient (Wildman–Crippen LogP) is 3.56. The molecule has 1 atom stereocenters. The second-order valence-corrected chi connectivity index (χ2v) is 8.11. The van der Waals surface area contributed by atoms with Gasteiger partial charge in [0.1, 0.15) is 5.82 Å². The van der Waals surface area contributed by atoms with Gasteiger partial charge in [0.15, 0.2) is 5.69 Å². The van der Waals surface area contributed by atoms with Crippen molar-refractivity contribution in [1.29, 1.82) is 0 Å². The number of nitrogens with zero attached hydrogens (tertiary/aromatic N) is 4. The lowest BCUT2D eigenvalue weighted by Crippen LogP contribution is -2.45. The van der Waals surface area contributed by atoms with Gasteiger partial charge in [0.25, 0.3) is 5.91 Å². The van der Waals surface area contributed by atoms with E-state index in [4.69, 9.17) is 0 Å². The zero-order chi connectivity index (χ0) is 22.0. The number of benzene rings is 2. The summed E-state index contributed by atoms with van der Waals surface area (Å²) in [5, 5.41) is 7.48. The van der Waals surface area contributed by atoms with Gasteiger partial charge in [0.05, 0.1) is 11.7 Å². The number of carbonyl (C=O) groups excluding carboxylic acids is 1. The normalized spacial score (nSPS) is 15.7. The molecule has 0 aliphatic carbocycles. The van der Waals surface area contributed by atoms with E-state index in [1.54, 1.807) is 10.7 Å². The van der Waals surface area contributed by atoms with Crippen molar-refractivity contribution in [2.75, 3.05) is 38.1 Å². The first-order valence-electron chi connectivity index (χ1n) is 10.6. The van der Waals surface area contributed by atoms with Gasteiger partial charge < -0.3 is 15.1 Å². The average molecular weight is 422 g/mol. The van der Waals surface area contributed by atoms with Crippen molar-refractivity contribution in [3.63, 3.8) is 0 Å². The standard InChI is InChI=1S/C24H28FN5O/c1-17-15-22(27-30(17)20-7-5-4-6-8-20)24(31)26-18(2)21-16-19(25)9-10-23(21)29-13-11-28(3)12-14-29/h4-10,15-16,18H,11-14H2,1-3H3,(H,26,31). The highest BCUT2D eigenvalue weighted by Crippen LogP contribution is 2.28. The number of nitrogens with one attached hydrogen (secondary N) is 1. The van der Waals surface area contributed by atoms with Crippen LogP contribution in [0.3, 0.4) is 0 Å². The van der Waals surface area contributed by atoms with E-state index in [2.05, 4.69) is 27.3 Å². The Morgan fingerprint density at radius 3 is 2.48 bits per heavy atom. The number of para-hydroxylation sites is 1. The van der Waals surface area contributed by atoms with Crippen molar-refractivity contribution in [1.82, 2.24) is 20.0 Å². The fourth-order valence-electron chi connectivity index (χ4n) is 3.97. The van der Waals surface area contributed by atoms with Crippen LogP contribution in [0.4, 0.5) is 10.1 Å². The number of carbonyl (C=O) groups is 1. The van der Waals surface area contributed by atoms with Gasteiger partial charge in [-0.1, -0.05) is 18.2 Å². The Morgan fingerprint density at radius 1 is 1.06 bits per heavy atom. The third-order valence-corrected chi connectivity index (χ3v) is 5.77. The molecule has 31 heavy (non-hydrogen) atoms. The van der Waals surface area contributed by atoms with Crippen LogP contribution < -0.4 is 10.2 Å². The number of piperazine rings is 1. The molecule has 3 aromatic rings. The van der Waals surface area contributed by atoms with E-state index in [1.807, 2.05) is 50.2 Å². The van der Waals surface area contributed by atoms with Crippen molar-refractivity contribution in [2.45, 2.75) is 19.9 Å². The second-order valence-electron chi connectivity index (χ2n) is 8.11. The number of anilines is 1. The molecule has 1 N–H and O–H groups in total. The molecule has 6 nitrogen and oxygen atoms in total. The molecule has 1 unspecified atom stereocenters. The lowest BCUT2D eigenvalue weighted by atomic mass is 10.0. The molecule has 7 heteroatoms. The number of aromatic nitrogens is 2. The summed E-state index contributed by atoms with van der Waals surface area (Å²) in [7, 11) is 2.10. The zero-order valence-electron chi connectivity index (χ0n) is 18.2. The van der Waals surface area contributed by atoms with E-state index in [9.17, 15) is 9.18 Å². The Balaban J connectivity index is 1.54. The minimum Gasteiger partial charge on any atom is -0.369 e. The molecule has 162 valence electrons. The van der Waals surface area contributed by atoms with Crippen LogP contribution in [0, 0.1) is 12.7 Å². The van der Waals surface area contributed by atoms with E-state index in [0.29, 0.717) is 5.69 Å². The number of hydrogen-bond donors (Lipinski definition) is 1. The first-order chi connectivity index (χ1) is 14.9. The largest absolute Gasteiger partial charge is 0.369 e. The van der Waals surface area contributed by atoms with Gasteiger partial charge in [-0.25, -0.2) is 9.07 Å². The molecule has 1 saturated heterocycles. The molecule has 0 radical (unpaired) electrons. The Morgan fingerprint density at radius 2 is 1.77 bits per heavy atom. The molecule has 2 aromatic carbocycles. The van der Waals surface area contributed by atoms with Gasteiger partial charge >= 0.3 is 0 Å². The zero-order valence-corrected chi connectivity index (χ0v) is 18.2. The van der Waals surface area contributed by atoms with Gasteiger partial charge in [-0.05, 0) is 57.3 Å². The number of hydrogen-bond acceptors (Lipinski definition) is 4. The predicted molar refractivity (Wildman–Crippen MR) is 120 cm³/mol. The summed E-state index contributed by atoms with van der Waals surface area (Å²) in [5.41, 5.74) is 3.85. The molecule has 0 spiro atoms. The topological polar surface area (TPSA) is 53.4 Å². The summed E-state index contributed by atoms with van der Waals surface area (Å²) in [4.78, 5) is 17.5. The molecule has 2 heterocycles. The van der Waals surface area contributed by atoms with Crippen LogP contribution in [0.15, 0.2) is 54.6 Å². The summed E-state index contributed by atoms with van der Waals surface area (Å²) < 4.78 is 15.8. The van der Waals surface area contributed by atoms with Gasteiger partial charge in [-0.15, -0.1) is 0 Å². The van der Waals surface area contributed by atoms with Gasteiger partial charge in [0, 0.05) is 43.1 Å². The Labute approximate surface area is 182 Å². The summed E-state index contributed by atoms with van der Waals surface area (Å²) in [6, 6.07) is 15.9. The number of amides is 1. The van der Waals surface area contributed by atoms with Crippen molar-refractivity contribution < 1.29 is 9.18 Å². The van der Waals surface area contributed by atoms with E-state index in [0.717, 1.165) is 48.8 Å². The van der Waals surface area contributed by atoms with Gasteiger partial charge in [0.2, 0.25) is 0 Å². The van der Waals surface area contributed by atoms with Crippen LogP contribution in [0.2, 0.25) is 0 Å². The van der Waals surface area contributed by atoms with Crippen LogP contribution in [0.25, 0.3) is 5.69 Å². The van der Waals surface area contributed by atoms with Crippen molar-refractivity contribution in [2.24, 2.45) is 0 Å². The second kappa shape index (κ2) is 8.89. The highest BCUT2D eigenvalue weighted by atomic mass is 19.1. The summed E-state index contributed by atoms with van der Waals surface area (Å²) in [6.45, 7) is 7.44.